The quantitative estimate of drug-likeness (QED) is 0.926. The minimum Gasteiger partial charge on any atom is -0.343 e. The summed E-state index contributed by atoms with van der Waals surface area (Å²) in [5, 5.41) is 7.56. The second kappa shape index (κ2) is 6.02. The van der Waals surface area contributed by atoms with E-state index < -0.39 is 0 Å². The third kappa shape index (κ3) is 4.10. The van der Waals surface area contributed by atoms with Crippen LogP contribution in [0.1, 0.15) is 40.3 Å². The van der Waals surface area contributed by atoms with Crippen LogP contribution in [0, 0.1) is 0 Å². The van der Waals surface area contributed by atoms with Crippen molar-refractivity contribution in [3.63, 3.8) is 0 Å². The Morgan fingerprint density at radius 1 is 1.42 bits per heavy atom. The number of aromatic nitrogens is 1. The Balaban J connectivity index is 2.00. The Morgan fingerprint density at radius 3 is 2.84 bits per heavy atom. The maximum Gasteiger partial charge on any atom is 0.185 e. The molecule has 1 N–H and O–H groups in total. The van der Waals surface area contributed by atoms with Crippen molar-refractivity contribution in [3.8, 4) is 0 Å². The van der Waals surface area contributed by atoms with E-state index in [0.717, 1.165) is 18.8 Å². The standard InChI is InChI=1S/C14H25N3S2/c1-10-11(2)18-7-6-17(10)13-16-12(9-19-13)8-15-14(3,4)5/h9-11,15H,6-8H2,1-5H3. The lowest BCUT2D eigenvalue weighted by Crippen LogP contribution is -2.44. The first-order valence-corrected chi connectivity index (χ1v) is 8.87. The lowest BCUT2D eigenvalue weighted by atomic mass is 10.1. The third-order valence-electron chi connectivity index (χ3n) is 3.47. The molecule has 2 rings (SSSR count). The molecule has 1 aromatic heterocycles. The number of hydrogen-bond acceptors (Lipinski definition) is 5. The van der Waals surface area contributed by atoms with Gasteiger partial charge in [-0.3, -0.25) is 0 Å². The molecule has 1 aromatic rings. The van der Waals surface area contributed by atoms with E-state index in [0.29, 0.717) is 11.3 Å². The summed E-state index contributed by atoms with van der Waals surface area (Å²) in [6.45, 7) is 13.2. The van der Waals surface area contributed by atoms with Gasteiger partial charge < -0.3 is 10.2 Å². The first-order valence-electron chi connectivity index (χ1n) is 6.94. The minimum atomic E-state index is 0.146. The molecule has 0 saturated carbocycles. The topological polar surface area (TPSA) is 28.2 Å². The van der Waals surface area contributed by atoms with Gasteiger partial charge in [0.15, 0.2) is 5.13 Å². The Kier molecular flexibility index (Phi) is 4.79. The van der Waals surface area contributed by atoms with Crippen LogP contribution in [-0.4, -0.2) is 34.1 Å². The number of thioether (sulfide) groups is 1. The molecule has 3 nitrogen and oxygen atoms in total. The van der Waals surface area contributed by atoms with Gasteiger partial charge in [-0.25, -0.2) is 4.98 Å². The van der Waals surface area contributed by atoms with Gasteiger partial charge >= 0.3 is 0 Å². The largest absolute Gasteiger partial charge is 0.343 e. The van der Waals surface area contributed by atoms with Crippen LogP contribution in [0.15, 0.2) is 5.38 Å². The van der Waals surface area contributed by atoms with E-state index in [1.807, 2.05) is 0 Å². The highest BCUT2D eigenvalue weighted by molar-refractivity contribution is 8.00. The number of nitrogens with zero attached hydrogens (tertiary/aromatic N) is 2. The summed E-state index contributed by atoms with van der Waals surface area (Å²) in [5.74, 6) is 1.21. The van der Waals surface area contributed by atoms with Crippen LogP contribution in [0.4, 0.5) is 5.13 Å². The minimum absolute atomic E-state index is 0.146. The van der Waals surface area contributed by atoms with Crippen molar-refractivity contribution in [3.05, 3.63) is 11.1 Å². The summed E-state index contributed by atoms with van der Waals surface area (Å²) in [6, 6.07) is 0.577. The molecule has 0 amide bonds. The van der Waals surface area contributed by atoms with Crippen LogP contribution in [0.25, 0.3) is 0 Å². The van der Waals surface area contributed by atoms with E-state index in [2.05, 4.69) is 62.0 Å². The first-order chi connectivity index (χ1) is 8.87. The van der Waals surface area contributed by atoms with Crippen molar-refractivity contribution in [1.82, 2.24) is 10.3 Å². The van der Waals surface area contributed by atoms with Gasteiger partial charge in [0.25, 0.3) is 0 Å². The van der Waals surface area contributed by atoms with Crippen LogP contribution in [-0.2, 0) is 6.54 Å². The molecule has 5 heteroatoms. The lowest BCUT2D eigenvalue weighted by Gasteiger charge is -2.37. The van der Waals surface area contributed by atoms with Crippen LogP contribution in [0.3, 0.4) is 0 Å². The molecule has 1 aliphatic heterocycles. The summed E-state index contributed by atoms with van der Waals surface area (Å²) in [6.07, 6.45) is 0. The second-order valence-electron chi connectivity index (χ2n) is 6.23. The predicted octanol–water partition coefficient (Wildman–Crippen LogP) is 3.36. The monoisotopic (exact) mass is 299 g/mol. The Bertz CT molecular complexity index is 411. The Labute approximate surface area is 125 Å². The molecule has 19 heavy (non-hydrogen) atoms. The van der Waals surface area contributed by atoms with E-state index in [1.54, 1.807) is 11.3 Å². The average Bonchev–Trinajstić information content (AvgIpc) is 2.78. The zero-order valence-corrected chi connectivity index (χ0v) is 14.2. The Morgan fingerprint density at radius 2 is 2.16 bits per heavy atom. The normalized spacial score (nSPS) is 24.8. The molecule has 2 unspecified atom stereocenters. The molecule has 0 spiro atoms. The van der Waals surface area contributed by atoms with E-state index >= 15 is 0 Å². The third-order valence-corrected chi connectivity index (χ3v) is 5.73. The van der Waals surface area contributed by atoms with Gasteiger partial charge in [0.1, 0.15) is 0 Å². The lowest BCUT2D eigenvalue weighted by molar-refractivity contribution is 0.422. The molecule has 0 aliphatic carbocycles. The highest BCUT2D eigenvalue weighted by Gasteiger charge is 2.27. The summed E-state index contributed by atoms with van der Waals surface area (Å²) < 4.78 is 0. The molecule has 1 saturated heterocycles. The van der Waals surface area contributed by atoms with Crippen LogP contribution >= 0.6 is 23.1 Å². The fourth-order valence-electron chi connectivity index (χ4n) is 2.07. The maximum absolute atomic E-state index is 4.79. The number of nitrogens with one attached hydrogen (secondary N) is 1. The van der Waals surface area contributed by atoms with E-state index in [1.165, 1.54) is 10.9 Å². The van der Waals surface area contributed by atoms with Gasteiger partial charge in [0.05, 0.1) is 5.69 Å². The SMILES string of the molecule is CC1SCCN(c2nc(CNC(C)(C)C)cs2)C1C. The average molecular weight is 300 g/mol. The molecular formula is C14H25N3S2. The van der Waals surface area contributed by atoms with Crippen molar-refractivity contribution >= 4 is 28.2 Å². The predicted molar refractivity (Wildman–Crippen MR) is 87.4 cm³/mol. The highest BCUT2D eigenvalue weighted by Crippen LogP contribution is 2.31. The van der Waals surface area contributed by atoms with Gasteiger partial charge in [0.2, 0.25) is 0 Å². The second-order valence-corrected chi connectivity index (χ2v) is 8.56. The molecule has 108 valence electrons. The van der Waals surface area contributed by atoms with Crippen LogP contribution in [0.5, 0.6) is 0 Å². The highest BCUT2D eigenvalue weighted by atomic mass is 32.2. The zero-order chi connectivity index (χ0) is 14.0. The Hall–Kier alpha value is -0.260. The summed E-state index contributed by atoms with van der Waals surface area (Å²) in [5.41, 5.74) is 1.31. The van der Waals surface area contributed by atoms with E-state index in [4.69, 9.17) is 4.98 Å². The van der Waals surface area contributed by atoms with Gasteiger partial charge in [-0.1, -0.05) is 6.92 Å². The molecule has 0 radical (unpaired) electrons. The van der Waals surface area contributed by atoms with E-state index in [9.17, 15) is 0 Å². The summed E-state index contributed by atoms with van der Waals surface area (Å²) in [7, 11) is 0. The molecule has 0 bridgehead atoms. The van der Waals surface area contributed by atoms with Gasteiger partial charge in [-0.15, -0.1) is 11.3 Å². The summed E-state index contributed by atoms with van der Waals surface area (Å²) in [4.78, 5) is 7.26. The van der Waals surface area contributed by atoms with Crippen molar-refractivity contribution in [1.29, 1.82) is 0 Å². The molecule has 1 aliphatic rings. The van der Waals surface area contributed by atoms with Gasteiger partial charge in [0, 0.05) is 41.1 Å². The smallest absolute Gasteiger partial charge is 0.185 e. The molecule has 2 heterocycles. The van der Waals surface area contributed by atoms with Gasteiger partial charge in [-0.05, 0) is 27.7 Å². The molecular weight excluding hydrogens is 274 g/mol. The molecule has 0 aromatic carbocycles. The number of anilines is 1. The number of rotatable bonds is 3. The first kappa shape index (κ1) is 15.1. The molecule has 1 fully saturated rings. The van der Waals surface area contributed by atoms with E-state index in [-0.39, 0.29) is 5.54 Å². The van der Waals surface area contributed by atoms with Crippen LogP contribution < -0.4 is 10.2 Å². The van der Waals surface area contributed by atoms with Crippen LogP contribution in [0.2, 0.25) is 0 Å². The maximum atomic E-state index is 4.79. The zero-order valence-electron chi connectivity index (χ0n) is 12.6. The van der Waals surface area contributed by atoms with Gasteiger partial charge in [-0.2, -0.15) is 11.8 Å². The molecule has 2 atom stereocenters. The summed E-state index contributed by atoms with van der Waals surface area (Å²) >= 11 is 3.85. The van der Waals surface area contributed by atoms with Crippen molar-refractivity contribution in [2.45, 2.75) is 58.0 Å². The van der Waals surface area contributed by atoms with Crippen molar-refractivity contribution < 1.29 is 0 Å². The van der Waals surface area contributed by atoms with Crippen molar-refractivity contribution in [2.75, 3.05) is 17.2 Å². The fraction of sp³-hybridized carbons (Fsp3) is 0.786. The fourth-order valence-corrected chi connectivity index (χ4v) is 4.11. The van der Waals surface area contributed by atoms with Crippen molar-refractivity contribution in [2.24, 2.45) is 0 Å². The number of hydrogen-bond donors (Lipinski definition) is 1. The number of thiazole rings is 1.